The van der Waals surface area contributed by atoms with Crippen molar-refractivity contribution in [2.45, 2.75) is 0 Å². The van der Waals surface area contributed by atoms with Gasteiger partial charge >= 0.3 is 0 Å². The minimum atomic E-state index is -0.0636. The zero-order valence-corrected chi connectivity index (χ0v) is 9.39. The molecule has 0 N–H and O–H groups in total. The Hall–Kier alpha value is -1.46. The highest BCUT2D eigenvalue weighted by Crippen LogP contribution is 2.25. The molecule has 0 radical (unpaired) electrons. The fourth-order valence-corrected chi connectivity index (χ4v) is 1.78. The monoisotopic (exact) mass is 214 g/mol. The van der Waals surface area contributed by atoms with Crippen LogP contribution in [0.2, 0.25) is 0 Å². The molecule has 15 heavy (non-hydrogen) atoms. The van der Waals surface area contributed by atoms with E-state index in [9.17, 15) is 4.79 Å². The first kappa shape index (κ1) is 10.1. The Balaban J connectivity index is 2.71. The quantitative estimate of drug-likeness (QED) is 0.554. The van der Waals surface area contributed by atoms with Crippen molar-refractivity contribution in [3.63, 3.8) is 0 Å². The molecule has 2 rings (SSSR count). The molecule has 0 saturated carbocycles. The van der Waals surface area contributed by atoms with Crippen LogP contribution < -0.4 is 0 Å². The second-order valence-electron chi connectivity index (χ2n) is 3.37. The van der Waals surface area contributed by atoms with E-state index in [0.29, 0.717) is 5.57 Å². The Kier molecular flexibility index (Phi) is 2.66. The number of hydrogen-bond acceptors (Lipinski definition) is 1. The van der Waals surface area contributed by atoms with E-state index in [1.807, 2.05) is 42.5 Å². The van der Waals surface area contributed by atoms with E-state index in [0.717, 1.165) is 16.3 Å². The molecule has 0 heterocycles. The SMILES string of the molecule is C=C(C(=O)P)c1cccc2ccccc12. The summed E-state index contributed by atoms with van der Waals surface area (Å²) < 4.78 is 0. The lowest BCUT2D eigenvalue weighted by molar-refractivity contribution is -0.106. The highest BCUT2D eigenvalue weighted by Gasteiger charge is 2.07. The lowest BCUT2D eigenvalue weighted by atomic mass is 10.00. The molecule has 0 aliphatic carbocycles. The van der Waals surface area contributed by atoms with E-state index in [1.54, 1.807) is 0 Å². The van der Waals surface area contributed by atoms with Crippen LogP contribution in [0.3, 0.4) is 0 Å². The van der Waals surface area contributed by atoms with Crippen LogP contribution in [0.25, 0.3) is 16.3 Å². The molecule has 2 heteroatoms. The van der Waals surface area contributed by atoms with E-state index in [-0.39, 0.29) is 5.52 Å². The summed E-state index contributed by atoms with van der Waals surface area (Å²) in [4.78, 5) is 11.3. The first-order valence-electron chi connectivity index (χ1n) is 4.67. The van der Waals surface area contributed by atoms with E-state index in [1.165, 1.54) is 0 Å². The maximum Gasteiger partial charge on any atom is 0.178 e. The maximum absolute atomic E-state index is 11.3. The lowest BCUT2D eigenvalue weighted by Crippen LogP contribution is -1.91. The molecule has 1 nitrogen and oxygen atoms in total. The van der Waals surface area contributed by atoms with E-state index >= 15 is 0 Å². The number of carbonyl (C=O) groups excluding carboxylic acids is 1. The predicted molar refractivity (Wildman–Crippen MR) is 67.7 cm³/mol. The summed E-state index contributed by atoms with van der Waals surface area (Å²) in [6.07, 6.45) is 0. The molecule has 0 aliphatic heterocycles. The molecular weight excluding hydrogens is 203 g/mol. The summed E-state index contributed by atoms with van der Waals surface area (Å²) in [6, 6.07) is 13.9. The number of allylic oxidation sites excluding steroid dienone is 1. The van der Waals surface area contributed by atoms with Crippen LogP contribution >= 0.6 is 9.24 Å². The number of carbonyl (C=O) groups is 1. The van der Waals surface area contributed by atoms with Crippen molar-refractivity contribution in [2.75, 3.05) is 0 Å². The Morgan fingerprint density at radius 3 is 2.47 bits per heavy atom. The minimum absolute atomic E-state index is 0.0636. The van der Waals surface area contributed by atoms with Gasteiger partial charge in [0.2, 0.25) is 0 Å². The van der Waals surface area contributed by atoms with Gasteiger partial charge < -0.3 is 0 Å². The van der Waals surface area contributed by atoms with Gasteiger partial charge in [-0.3, -0.25) is 4.79 Å². The summed E-state index contributed by atoms with van der Waals surface area (Å²) in [5, 5.41) is 2.20. The van der Waals surface area contributed by atoms with Crippen molar-refractivity contribution in [2.24, 2.45) is 0 Å². The van der Waals surface area contributed by atoms with Crippen molar-refractivity contribution in [1.29, 1.82) is 0 Å². The molecule has 0 amide bonds. The van der Waals surface area contributed by atoms with Crippen LogP contribution in [0.1, 0.15) is 5.56 Å². The zero-order valence-electron chi connectivity index (χ0n) is 8.23. The van der Waals surface area contributed by atoms with Crippen LogP contribution in [0.15, 0.2) is 49.0 Å². The van der Waals surface area contributed by atoms with Crippen molar-refractivity contribution in [1.82, 2.24) is 0 Å². The predicted octanol–water partition coefficient (Wildman–Crippen LogP) is 3.25. The second-order valence-corrected chi connectivity index (χ2v) is 3.89. The Bertz CT molecular complexity index is 538. The molecule has 1 unspecified atom stereocenters. The molecule has 0 aromatic heterocycles. The number of hydrogen-bond donors (Lipinski definition) is 0. The highest BCUT2D eigenvalue weighted by atomic mass is 31.0. The maximum atomic E-state index is 11.3. The van der Waals surface area contributed by atoms with Gasteiger partial charge in [-0.2, -0.15) is 0 Å². The van der Waals surface area contributed by atoms with Crippen molar-refractivity contribution in [3.8, 4) is 0 Å². The Morgan fingerprint density at radius 2 is 1.73 bits per heavy atom. The molecule has 0 bridgehead atoms. The molecule has 0 fully saturated rings. The third-order valence-electron chi connectivity index (χ3n) is 2.41. The van der Waals surface area contributed by atoms with Crippen LogP contribution in [0, 0.1) is 0 Å². The van der Waals surface area contributed by atoms with E-state index in [4.69, 9.17) is 0 Å². The van der Waals surface area contributed by atoms with Crippen LogP contribution in [0.5, 0.6) is 0 Å². The Labute approximate surface area is 91.0 Å². The fourth-order valence-electron chi connectivity index (χ4n) is 1.62. The minimum Gasteiger partial charge on any atom is -0.290 e. The molecule has 2 aromatic carbocycles. The first-order valence-corrected chi connectivity index (χ1v) is 5.25. The van der Waals surface area contributed by atoms with Gasteiger partial charge in [-0.25, -0.2) is 0 Å². The largest absolute Gasteiger partial charge is 0.290 e. The van der Waals surface area contributed by atoms with Gasteiger partial charge in [-0.05, 0) is 16.3 Å². The molecule has 0 saturated heterocycles. The topological polar surface area (TPSA) is 17.1 Å². The fraction of sp³-hybridized carbons (Fsp3) is 0. The Morgan fingerprint density at radius 1 is 1.07 bits per heavy atom. The average molecular weight is 214 g/mol. The van der Waals surface area contributed by atoms with Gasteiger partial charge in [0.1, 0.15) is 0 Å². The molecule has 74 valence electrons. The van der Waals surface area contributed by atoms with E-state index < -0.39 is 0 Å². The third-order valence-corrected chi connectivity index (χ3v) is 2.76. The average Bonchev–Trinajstić information content (AvgIpc) is 2.27. The number of benzene rings is 2. The van der Waals surface area contributed by atoms with Gasteiger partial charge in [0.25, 0.3) is 0 Å². The summed E-state index contributed by atoms with van der Waals surface area (Å²) in [7, 11) is 2.16. The molecule has 0 spiro atoms. The van der Waals surface area contributed by atoms with Gasteiger partial charge in [0.15, 0.2) is 5.52 Å². The first-order chi connectivity index (χ1) is 7.20. The van der Waals surface area contributed by atoms with E-state index in [2.05, 4.69) is 15.8 Å². The molecular formula is C13H11OP. The van der Waals surface area contributed by atoms with Gasteiger partial charge in [-0.1, -0.05) is 58.3 Å². The zero-order chi connectivity index (χ0) is 10.8. The van der Waals surface area contributed by atoms with Crippen LogP contribution in [-0.2, 0) is 4.79 Å². The lowest BCUT2D eigenvalue weighted by Gasteiger charge is -2.06. The van der Waals surface area contributed by atoms with Crippen molar-refractivity contribution < 1.29 is 4.79 Å². The standard InChI is InChI=1S/C13H11OP/c1-9(13(14)15)11-8-4-6-10-5-2-3-7-12(10)11/h2-8H,1,15H2. The summed E-state index contributed by atoms with van der Waals surface area (Å²) in [6.45, 7) is 3.80. The normalized spacial score (nSPS) is 10.2. The summed E-state index contributed by atoms with van der Waals surface area (Å²) in [5.74, 6) is 0. The molecule has 1 atom stereocenters. The van der Waals surface area contributed by atoms with Crippen molar-refractivity contribution in [3.05, 3.63) is 54.6 Å². The number of rotatable bonds is 2. The molecule has 0 aliphatic rings. The van der Waals surface area contributed by atoms with Gasteiger partial charge in [0.05, 0.1) is 0 Å². The third kappa shape index (κ3) is 1.84. The highest BCUT2D eigenvalue weighted by molar-refractivity contribution is 7.43. The van der Waals surface area contributed by atoms with Crippen LogP contribution in [-0.4, -0.2) is 5.52 Å². The number of fused-ring (bicyclic) bond motifs is 1. The van der Waals surface area contributed by atoms with Gasteiger partial charge in [0, 0.05) is 5.57 Å². The van der Waals surface area contributed by atoms with Gasteiger partial charge in [-0.15, -0.1) is 0 Å². The second kappa shape index (κ2) is 3.96. The smallest absolute Gasteiger partial charge is 0.178 e. The van der Waals surface area contributed by atoms with Crippen LogP contribution in [0.4, 0.5) is 0 Å². The molecule has 2 aromatic rings. The van der Waals surface area contributed by atoms with Crippen molar-refractivity contribution >= 4 is 31.1 Å². The summed E-state index contributed by atoms with van der Waals surface area (Å²) in [5.41, 5.74) is 1.39. The summed E-state index contributed by atoms with van der Waals surface area (Å²) >= 11 is 0.